The summed E-state index contributed by atoms with van der Waals surface area (Å²) < 4.78 is 32.3. The van der Waals surface area contributed by atoms with Crippen molar-refractivity contribution in [1.29, 1.82) is 0 Å². The third-order valence-electron chi connectivity index (χ3n) is 7.50. The number of sulfone groups is 1. The number of carbonyl (C=O) groups is 1. The van der Waals surface area contributed by atoms with Crippen LogP contribution in [-0.2, 0) is 21.2 Å². The van der Waals surface area contributed by atoms with E-state index in [2.05, 4.69) is 10.3 Å². The van der Waals surface area contributed by atoms with Crippen LogP contribution in [0.15, 0.2) is 77.8 Å². The molecule has 1 heterocycles. The molecule has 0 saturated heterocycles. The first kappa shape index (κ1) is 28.7. The molecular weight excluding hydrogens is 560 g/mol. The monoisotopic (exact) mass is 592 g/mol. The van der Waals surface area contributed by atoms with Crippen molar-refractivity contribution in [2.45, 2.75) is 48.9 Å². The van der Waals surface area contributed by atoms with Gasteiger partial charge >= 0.3 is 0 Å². The highest BCUT2D eigenvalue weighted by atomic mass is 35.5. The van der Waals surface area contributed by atoms with Crippen LogP contribution in [0.1, 0.15) is 43.4 Å². The van der Waals surface area contributed by atoms with Gasteiger partial charge in [-0.05, 0) is 78.7 Å². The summed E-state index contributed by atoms with van der Waals surface area (Å²) in [7, 11) is -1.79. The Bertz CT molecular complexity index is 1690. The molecule has 214 valence electrons. The van der Waals surface area contributed by atoms with E-state index in [-0.39, 0.29) is 17.7 Å². The Labute approximate surface area is 245 Å². The van der Waals surface area contributed by atoms with E-state index < -0.39 is 15.9 Å². The van der Waals surface area contributed by atoms with Crippen LogP contribution in [-0.4, -0.2) is 43.1 Å². The molecule has 1 aromatic heterocycles. The van der Waals surface area contributed by atoms with Crippen molar-refractivity contribution in [1.82, 2.24) is 9.88 Å². The van der Waals surface area contributed by atoms with Crippen molar-refractivity contribution in [3.63, 3.8) is 0 Å². The summed E-state index contributed by atoms with van der Waals surface area (Å²) in [6.45, 7) is 2.41. The highest BCUT2D eigenvalue weighted by Gasteiger charge is 2.34. The van der Waals surface area contributed by atoms with Gasteiger partial charge in [-0.15, -0.1) is 0 Å². The molecule has 1 unspecified atom stereocenters. The molecule has 4 aromatic rings. The second kappa shape index (κ2) is 12.0. The van der Waals surface area contributed by atoms with Crippen LogP contribution in [0.25, 0.3) is 10.8 Å². The normalized spacial score (nSPS) is 14.3. The summed E-state index contributed by atoms with van der Waals surface area (Å²) >= 11 is 6.36. The van der Waals surface area contributed by atoms with Gasteiger partial charge in [-0.3, -0.25) is 4.79 Å². The second-order valence-electron chi connectivity index (χ2n) is 10.2. The summed E-state index contributed by atoms with van der Waals surface area (Å²) in [6.07, 6.45) is 3.90. The van der Waals surface area contributed by atoms with Gasteiger partial charge in [-0.1, -0.05) is 42.3 Å². The standard InChI is InChI=1S/C31H33ClN4O4S/c1-3-40-27-18-21(11-14-26(27)32)29(35-23-12-13-25-20(17-23)15-16-34-30(25)33)31(37)36(2)19-22-7-4-5-10-28(22)41(38,39)24-8-6-9-24/h4-5,7,10-18,24,29,35H,3,6,8-9,19H2,1-2H3,(H2,33,34). The largest absolute Gasteiger partial charge is 0.492 e. The summed E-state index contributed by atoms with van der Waals surface area (Å²) in [6, 6.07) is 18.8. The number of nitrogens with one attached hydrogen (secondary N) is 1. The summed E-state index contributed by atoms with van der Waals surface area (Å²) in [4.78, 5) is 20.1. The second-order valence-corrected chi connectivity index (χ2v) is 12.8. The van der Waals surface area contributed by atoms with E-state index in [0.717, 1.165) is 17.2 Å². The Morgan fingerprint density at radius 2 is 1.93 bits per heavy atom. The molecule has 3 aromatic carbocycles. The Kier molecular flexibility index (Phi) is 8.37. The molecule has 0 bridgehead atoms. The maximum absolute atomic E-state index is 14.1. The van der Waals surface area contributed by atoms with Gasteiger partial charge < -0.3 is 20.7 Å². The fourth-order valence-electron chi connectivity index (χ4n) is 5.04. The van der Waals surface area contributed by atoms with Gasteiger partial charge in [0.25, 0.3) is 0 Å². The number of hydrogen-bond acceptors (Lipinski definition) is 7. The Balaban J connectivity index is 1.48. The van der Waals surface area contributed by atoms with Gasteiger partial charge in [0.15, 0.2) is 9.84 Å². The number of likely N-dealkylation sites (N-methyl/N-ethyl adjacent to an activating group) is 1. The predicted octanol–water partition coefficient (Wildman–Crippen LogP) is 6.01. The third kappa shape index (κ3) is 5.96. The molecule has 1 fully saturated rings. The highest BCUT2D eigenvalue weighted by Crippen LogP contribution is 2.34. The lowest BCUT2D eigenvalue weighted by Gasteiger charge is -2.29. The lowest BCUT2D eigenvalue weighted by molar-refractivity contribution is -0.131. The molecule has 3 N–H and O–H groups in total. The number of pyridine rings is 1. The number of rotatable bonds is 10. The predicted molar refractivity (Wildman–Crippen MR) is 163 cm³/mol. The van der Waals surface area contributed by atoms with Crippen LogP contribution >= 0.6 is 11.6 Å². The number of nitrogen functional groups attached to an aromatic ring is 1. The number of halogens is 1. The smallest absolute Gasteiger partial charge is 0.249 e. The average Bonchev–Trinajstić information content (AvgIpc) is 2.92. The number of nitrogens with zero attached hydrogens (tertiary/aromatic N) is 2. The number of nitrogens with two attached hydrogens (primary N) is 1. The lowest BCUT2D eigenvalue weighted by Crippen LogP contribution is -2.36. The summed E-state index contributed by atoms with van der Waals surface area (Å²) in [5.41, 5.74) is 7.98. The fourth-order valence-corrected chi connectivity index (χ4v) is 7.29. The Hall–Kier alpha value is -3.82. The minimum Gasteiger partial charge on any atom is -0.492 e. The molecule has 0 aliphatic heterocycles. The maximum Gasteiger partial charge on any atom is 0.249 e. The van der Waals surface area contributed by atoms with Crippen molar-refractivity contribution in [3.8, 4) is 5.75 Å². The van der Waals surface area contributed by atoms with E-state index in [0.29, 0.717) is 57.7 Å². The quantitative estimate of drug-likeness (QED) is 0.232. The SMILES string of the molecule is CCOc1cc(C(Nc2ccc3c(N)nccc3c2)C(=O)N(C)Cc2ccccc2S(=O)(=O)C2CCC2)ccc1Cl. The van der Waals surface area contributed by atoms with Crippen molar-refractivity contribution >= 4 is 49.6 Å². The first-order valence-electron chi connectivity index (χ1n) is 13.6. The molecule has 5 rings (SSSR count). The number of amides is 1. The zero-order chi connectivity index (χ0) is 29.1. The Morgan fingerprint density at radius 3 is 2.66 bits per heavy atom. The number of anilines is 2. The zero-order valence-electron chi connectivity index (χ0n) is 23.0. The van der Waals surface area contributed by atoms with Crippen molar-refractivity contribution in [2.24, 2.45) is 0 Å². The molecule has 41 heavy (non-hydrogen) atoms. The van der Waals surface area contributed by atoms with Gasteiger partial charge in [-0.2, -0.15) is 0 Å². The summed E-state index contributed by atoms with van der Waals surface area (Å²) in [5, 5.41) is 5.15. The topological polar surface area (TPSA) is 115 Å². The molecular formula is C31H33ClN4O4S. The van der Waals surface area contributed by atoms with Gasteiger partial charge in [0.2, 0.25) is 5.91 Å². The molecule has 0 radical (unpaired) electrons. The lowest BCUT2D eigenvalue weighted by atomic mass is 10.00. The van der Waals surface area contributed by atoms with E-state index in [4.69, 9.17) is 22.1 Å². The van der Waals surface area contributed by atoms with E-state index in [1.807, 2.05) is 31.2 Å². The van der Waals surface area contributed by atoms with Gasteiger partial charge in [-0.25, -0.2) is 13.4 Å². The molecule has 0 spiro atoms. The molecule has 1 aliphatic carbocycles. The van der Waals surface area contributed by atoms with Crippen LogP contribution in [0.2, 0.25) is 5.02 Å². The van der Waals surface area contributed by atoms with Crippen LogP contribution in [0.5, 0.6) is 5.75 Å². The molecule has 1 atom stereocenters. The van der Waals surface area contributed by atoms with Gasteiger partial charge in [0, 0.05) is 30.9 Å². The number of ether oxygens (including phenoxy) is 1. The minimum atomic E-state index is -3.47. The molecule has 8 nitrogen and oxygen atoms in total. The number of carbonyl (C=O) groups excluding carboxylic acids is 1. The number of aromatic nitrogens is 1. The minimum absolute atomic E-state index is 0.130. The number of fused-ring (bicyclic) bond motifs is 1. The zero-order valence-corrected chi connectivity index (χ0v) is 24.6. The van der Waals surface area contributed by atoms with Gasteiger partial charge in [0.1, 0.15) is 17.6 Å². The van der Waals surface area contributed by atoms with E-state index >= 15 is 0 Å². The maximum atomic E-state index is 14.1. The molecule has 1 amide bonds. The van der Waals surface area contributed by atoms with Crippen LogP contribution in [0, 0.1) is 0 Å². The number of hydrogen-bond donors (Lipinski definition) is 2. The molecule has 10 heteroatoms. The van der Waals surface area contributed by atoms with Crippen LogP contribution < -0.4 is 15.8 Å². The Morgan fingerprint density at radius 1 is 1.15 bits per heavy atom. The van der Waals surface area contributed by atoms with Crippen LogP contribution in [0.4, 0.5) is 11.5 Å². The van der Waals surface area contributed by atoms with Crippen molar-refractivity contribution in [2.75, 3.05) is 24.7 Å². The first-order chi connectivity index (χ1) is 19.7. The number of benzene rings is 3. The fraction of sp³-hybridized carbons (Fsp3) is 0.290. The van der Waals surface area contributed by atoms with Crippen molar-refractivity contribution in [3.05, 3.63) is 89.1 Å². The van der Waals surface area contributed by atoms with Gasteiger partial charge in [0.05, 0.1) is 21.8 Å². The first-order valence-corrected chi connectivity index (χ1v) is 15.5. The van der Waals surface area contributed by atoms with Crippen molar-refractivity contribution < 1.29 is 17.9 Å². The molecule has 1 aliphatic rings. The third-order valence-corrected chi connectivity index (χ3v) is 10.2. The average molecular weight is 593 g/mol. The van der Waals surface area contributed by atoms with Crippen LogP contribution in [0.3, 0.4) is 0 Å². The van der Waals surface area contributed by atoms with E-state index in [1.54, 1.807) is 60.6 Å². The molecule has 1 saturated carbocycles. The van der Waals surface area contributed by atoms with E-state index in [1.165, 1.54) is 0 Å². The van der Waals surface area contributed by atoms with E-state index in [9.17, 15) is 13.2 Å². The highest BCUT2D eigenvalue weighted by molar-refractivity contribution is 7.92. The summed E-state index contributed by atoms with van der Waals surface area (Å²) in [5.74, 6) is 0.652.